The molecule has 146 valence electrons. The van der Waals surface area contributed by atoms with Gasteiger partial charge in [0.15, 0.2) is 0 Å². The van der Waals surface area contributed by atoms with Crippen molar-refractivity contribution in [2.75, 3.05) is 18.8 Å². The van der Waals surface area contributed by atoms with Gasteiger partial charge in [0.25, 0.3) is 10.1 Å². The van der Waals surface area contributed by atoms with E-state index in [9.17, 15) is 8.42 Å². The molecule has 0 rings (SSSR count). The average molecular weight is 364 g/mol. The molecule has 0 aliphatic rings. The summed E-state index contributed by atoms with van der Waals surface area (Å²) in [5, 5.41) is 3.05. The lowest BCUT2D eigenvalue weighted by Crippen LogP contribution is -2.23. The van der Waals surface area contributed by atoms with Gasteiger partial charge in [0.2, 0.25) is 0 Å². The summed E-state index contributed by atoms with van der Waals surface area (Å²) in [6.07, 6.45) is 20.3. The minimum Gasteiger partial charge on any atom is -0.316 e. The quantitative estimate of drug-likeness (QED) is 0.240. The molecule has 0 unspecified atom stereocenters. The molecule has 0 aromatic carbocycles. The molecular weight excluding hydrogens is 322 g/mol. The summed E-state index contributed by atoms with van der Waals surface area (Å²) in [6.45, 7) is 3.45. The number of nitrogens with one attached hydrogen (secondary N) is 1. The first-order valence-corrected chi connectivity index (χ1v) is 11.8. The highest BCUT2D eigenvalue weighted by Crippen LogP contribution is 2.13. The maximum atomic E-state index is 10.5. The highest BCUT2D eigenvalue weighted by atomic mass is 32.2. The van der Waals surface area contributed by atoms with Crippen LogP contribution in [0.4, 0.5) is 0 Å². The number of unbranched alkanes of at least 4 members (excludes halogenated alkanes) is 14. The average Bonchev–Trinajstić information content (AvgIpc) is 2.52. The summed E-state index contributed by atoms with van der Waals surface area (Å²) in [5.41, 5.74) is 0. The molecule has 0 heterocycles. The van der Waals surface area contributed by atoms with Gasteiger partial charge in [0.1, 0.15) is 0 Å². The van der Waals surface area contributed by atoms with Crippen molar-refractivity contribution in [3.63, 3.8) is 0 Å². The highest BCUT2D eigenvalue weighted by molar-refractivity contribution is 7.85. The number of rotatable bonds is 19. The van der Waals surface area contributed by atoms with E-state index < -0.39 is 10.1 Å². The Kier molecular flexibility index (Phi) is 17.6. The van der Waals surface area contributed by atoms with E-state index in [1.165, 1.54) is 89.9 Å². The van der Waals surface area contributed by atoms with Crippen LogP contribution in [0.2, 0.25) is 0 Å². The highest BCUT2D eigenvalue weighted by Gasteiger charge is 2.02. The normalized spacial score (nSPS) is 11.9. The monoisotopic (exact) mass is 363 g/mol. The summed E-state index contributed by atoms with van der Waals surface area (Å²) < 4.78 is 29.6. The van der Waals surface area contributed by atoms with Gasteiger partial charge in [-0.25, -0.2) is 0 Å². The van der Waals surface area contributed by atoms with Crippen molar-refractivity contribution in [1.29, 1.82) is 0 Å². The third-order valence-corrected chi connectivity index (χ3v) is 5.21. The summed E-state index contributed by atoms with van der Waals surface area (Å²) in [6, 6.07) is 0. The molecule has 24 heavy (non-hydrogen) atoms. The summed E-state index contributed by atoms with van der Waals surface area (Å²) in [5.74, 6) is -0.189. The molecule has 0 aromatic rings. The van der Waals surface area contributed by atoms with Crippen LogP contribution >= 0.6 is 0 Å². The van der Waals surface area contributed by atoms with E-state index >= 15 is 0 Å². The molecule has 0 amide bonds. The minimum absolute atomic E-state index is 0.189. The van der Waals surface area contributed by atoms with Gasteiger partial charge < -0.3 is 5.32 Å². The van der Waals surface area contributed by atoms with Crippen LogP contribution in [0.5, 0.6) is 0 Å². The third kappa shape index (κ3) is 21.9. The topological polar surface area (TPSA) is 66.4 Å². The Bertz CT molecular complexity index is 345. The van der Waals surface area contributed by atoms with Gasteiger partial charge in [-0.3, -0.25) is 4.55 Å². The molecule has 0 spiro atoms. The summed E-state index contributed by atoms with van der Waals surface area (Å²) >= 11 is 0. The molecule has 4 nitrogen and oxygen atoms in total. The van der Waals surface area contributed by atoms with E-state index in [-0.39, 0.29) is 5.75 Å². The lowest BCUT2D eigenvalue weighted by molar-refractivity contribution is 0.479. The SMILES string of the molecule is CCCCCCCCCCCCCCCCCNCCS(=O)(=O)O. The van der Waals surface area contributed by atoms with E-state index in [1.54, 1.807) is 0 Å². The molecule has 0 aliphatic heterocycles. The van der Waals surface area contributed by atoms with Gasteiger partial charge in [-0.1, -0.05) is 96.8 Å². The zero-order valence-electron chi connectivity index (χ0n) is 15.9. The van der Waals surface area contributed by atoms with Crippen LogP contribution in [-0.4, -0.2) is 31.8 Å². The molecule has 0 radical (unpaired) electrons. The zero-order valence-corrected chi connectivity index (χ0v) is 16.7. The van der Waals surface area contributed by atoms with E-state index in [0.717, 1.165) is 13.0 Å². The van der Waals surface area contributed by atoms with E-state index in [4.69, 9.17) is 4.55 Å². The first kappa shape index (κ1) is 23.9. The smallest absolute Gasteiger partial charge is 0.266 e. The van der Waals surface area contributed by atoms with Crippen LogP contribution in [0, 0.1) is 0 Å². The third-order valence-electron chi connectivity index (χ3n) is 4.49. The second-order valence-electron chi connectivity index (χ2n) is 6.99. The second kappa shape index (κ2) is 17.7. The Balaban J connectivity index is 3.03. The fraction of sp³-hybridized carbons (Fsp3) is 1.00. The van der Waals surface area contributed by atoms with Gasteiger partial charge in [-0.2, -0.15) is 8.42 Å². The van der Waals surface area contributed by atoms with E-state index in [2.05, 4.69) is 12.2 Å². The van der Waals surface area contributed by atoms with Crippen LogP contribution < -0.4 is 5.32 Å². The molecular formula is C19H41NO3S. The number of hydrogen-bond acceptors (Lipinski definition) is 3. The lowest BCUT2D eigenvalue weighted by atomic mass is 10.0. The molecule has 0 saturated carbocycles. The largest absolute Gasteiger partial charge is 0.316 e. The predicted molar refractivity (Wildman–Crippen MR) is 104 cm³/mol. The van der Waals surface area contributed by atoms with Gasteiger partial charge in [-0.05, 0) is 13.0 Å². The Labute approximate surface area is 150 Å². The molecule has 0 saturated heterocycles. The lowest BCUT2D eigenvalue weighted by Gasteiger charge is -2.04. The summed E-state index contributed by atoms with van der Waals surface area (Å²) in [7, 11) is -3.81. The van der Waals surface area contributed by atoms with Gasteiger partial charge >= 0.3 is 0 Å². The van der Waals surface area contributed by atoms with Gasteiger partial charge in [-0.15, -0.1) is 0 Å². The minimum atomic E-state index is -3.81. The molecule has 0 atom stereocenters. The first-order valence-electron chi connectivity index (χ1n) is 10.2. The van der Waals surface area contributed by atoms with Crippen LogP contribution in [0.15, 0.2) is 0 Å². The van der Waals surface area contributed by atoms with Crippen molar-refractivity contribution in [2.24, 2.45) is 0 Å². The van der Waals surface area contributed by atoms with Crippen molar-refractivity contribution in [1.82, 2.24) is 5.32 Å². The Morgan fingerprint density at radius 3 is 1.38 bits per heavy atom. The van der Waals surface area contributed by atoms with Crippen molar-refractivity contribution in [3.8, 4) is 0 Å². The summed E-state index contributed by atoms with van der Waals surface area (Å²) in [4.78, 5) is 0. The Morgan fingerprint density at radius 1 is 0.625 bits per heavy atom. The maximum Gasteiger partial charge on any atom is 0.266 e. The molecule has 0 aromatic heterocycles. The molecule has 2 N–H and O–H groups in total. The van der Waals surface area contributed by atoms with Crippen molar-refractivity contribution in [3.05, 3.63) is 0 Å². The van der Waals surface area contributed by atoms with Crippen molar-refractivity contribution >= 4 is 10.1 Å². The van der Waals surface area contributed by atoms with Gasteiger partial charge in [0.05, 0.1) is 5.75 Å². The molecule has 5 heteroatoms. The maximum absolute atomic E-state index is 10.5. The van der Waals surface area contributed by atoms with Crippen LogP contribution in [0.25, 0.3) is 0 Å². The van der Waals surface area contributed by atoms with E-state index in [0.29, 0.717) is 6.54 Å². The van der Waals surface area contributed by atoms with Crippen LogP contribution in [-0.2, 0) is 10.1 Å². The molecule has 0 bridgehead atoms. The standard InChI is InChI=1S/C19H41NO3S/c1-2-3-4-5-6-7-8-9-10-11-12-13-14-15-16-17-20-18-19-24(21,22)23/h20H,2-19H2,1H3,(H,21,22,23). The predicted octanol–water partition coefficient (Wildman–Crippen LogP) is 5.34. The van der Waals surface area contributed by atoms with Crippen LogP contribution in [0.3, 0.4) is 0 Å². The second-order valence-corrected chi connectivity index (χ2v) is 8.56. The van der Waals surface area contributed by atoms with Gasteiger partial charge in [0, 0.05) is 6.54 Å². The van der Waals surface area contributed by atoms with E-state index in [1.807, 2.05) is 0 Å². The fourth-order valence-electron chi connectivity index (χ4n) is 2.95. The van der Waals surface area contributed by atoms with Crippen molar-refractivity contribution < 1.29 is 13.0 Å². The zero-order chi connectivity index (χ0) is 17.9. The molecule has 0 aliphatic carbocycles. The molecule has 0 fully saturated rings. The first-order chi connectivity index (χ1) is 11.6. The fourth-order valence-corrected chi connectivity index (χ4v) is 3.35. The Morgan fingerprint density at radius 2 is 1.00 bits per heavy atom. The van der Waals surface area contributed by atoms with Crippen LogP contribution in [0.1, 0.15) is 103 Å². The Hall–Kier alpha value is -0.130. The number of hydrogen-bond donors (Lipinski definition) is 2. The van der Waals surface area contributed by atoms with Crippen molar-refractivity contribution in [2.45, 2.75) is 103 Å².